The largest absolute Gasteiger partial charge is 0.490 e. The van der Waals surface area contributed by atoms with Crippen LogP contribution in [0.25, 0.3) is 50.4 Å². The number of carbonyl (C=O) groups excluding carboxylic acids is 1. The molecule has 2 aromatic heterocycles. The molecule has 0 unspecified atom stereocenters. The van der Waals surface area contributed by atoms with Crippen molar-refractivity contribution in [1.82, 2.24) is 14.8 Å². The molecule has 7 nitrogen and oxygen atoms in total. The fourth-order valence-electron chi connectivity index (χ4n) is 4.38. The van der Waals surface area contributed by atoms with Gasteiger partial charge in [0, 0.05) is 27.6 Å². The zero-order valence-corrected chi connectivity index (χ0v) is 19.2. The predicted octanol–water partition coefficient (Wildman–Crippen LogP) is 6.05. The first-order chi connectivity index (χ1) is 17.8. The van der Waals surface area contributed by atoms with E-state index in [0.717, 1.165) is 27.8 Å². The van der Waals surface area contributed by atoms with Crippen molar-refractivity contribution in [2.24, 2.45) is 0 Å². The van der Waals surface area contributed by atoms with Gasteiger partial charge in [-0.3, -0.25) is 4.79 Å². The second kappa shape index (κ2) is 9.38. The van der Waals surface area contributed by atoms with Crippen LogP contribution < -0.4 is 4.74 Å². The lowest BCUT2D eigenvalue weighted by atomic mass is 10.2. The van der Waals surface area contributed by atoms with Crippen LogP contribution in [0.2, 0.25) is 0 Å². The zero-order chi connectivity index (χ0) is 24.3. The molecule has 176 valence electrons. The maximum absolute atomic E-state index is 10.3. The summed E-state index contributed by atoms with van der Waals surface area (Å²) >= 11 is 0. The molecule has 0 fully saturated rings. The molecular weight excluding hydrogens is 454 g/mol. The lowest BCUT2D eigenvalue weighted by Crippen LogP contribution is -2.05. The summed E-state index contributed by atoms with van der Waals surface area (Å²) in [4.78, 5) is 10.3. The van der Waals surface area contributed by atoms with Gasteiger partial charge in [-0.1, -0.05) is 42.5 Å². The molecule has 6 aromatic rings. The number of fused-ring (bicyclic) bond motifs is 3. The molecule has 0 aliphatic heterocycles. The van der Waals surface area contributed by atoms with Crippen LogP contribution >= 0.6 is 0 Å². The molecule has 36 heavy (non-hydrogen) atoms. The lowest BCUT2D eigenvalue weighted by molar-refractivity contribution is -0.129. The van der Waals surface area contributed by atoms with Gasteiger partial charge in [-0.25, -0.2) is 0 Å². The zero-order valence-electron chi connectivity index (χ0n) is 19.2. The standard InChI is InChI=1S/C29H21N3O4/c33-19-34-16-17-35-23-7-5-6-21(18-23)29-31-30-28(36-29)20-12-14-22(15-13-20)32-26-10-3-1-8-24(26)25-9-2-4-11-27(25)32/h1-15,18-19H,16-17H2. The molecule has 0 aliphatic carbocycles. The highest BCUT2D eigenvalue weighted by Gasteiger charge is 2.14. The van der Waals surface area contributed by atoms with E-state index in [1.54, 1.807) is 0 Å². The van der Waals surface area contributed by atoms with Crippen LogP contribution in [0.4, 0.5) is 0 Å². The molecule has 0 spiro atoms. The number of ether oxygens (including phenoxy) is 2. The summed E-state index contributed by atoms with van der Waals surface area (Å²) < 4.78 is 18.5. The number of benzene rings is 4. The monoisotopic (exact) mass is 475 g/mol. The van der Waals surface area contributed by atoms with Crippen LogP contribution in [-0.2, 0) is 9.53 Å². The molecule has 6 rings (SSSR count). The van der Waals surface area contributed by atoms with E-state index in [4.69, 9.17) is 9.15 Å². The summed E-state index contributed by atoms with van der Waals surface area (Å²) in [5.41, 5.74) is 4.94. The van der Waals surface area contributed by atoms with Gasteiger partial charge in [0.05, 0.1) is 11.0 Å². The van der Waals surface area contributed by atoms with Crippen LogP contribution in [0, 0.1) is 0 Å². The Balaban J connectivity index is 1.28. The molecule has 0 saturated carbocycles. The van der Waals surface area contributed by atoms with Crippen molar-refractivity contribution in [1.29, 1.82) is 0 Å². The van der Waals surface area contributed by atoms with E-state index in [9.17, 15) is 4.79 Å². The second-order valence-electron chi connectivity index (χ2n) is 8.17. The third-order valence-corrected chi connectivity index (χ3v) is 6.00. The van der Waals surface area contributed by atoms with Gasteiger partial charge in [-0.05, 0) is 54.6 Å². The third kappa shape index (κ3) is 3.96. The average Bonchev–Trinajstić information content (AvgIpc) is 3.55. The summed E-state index contributed by atoms with van der Waals surface area (Å²) in [5, 5.41) is 10.9. The molecule has 0 aliphatic rings. The minimum absolute atomic E-state index is 0.184. The smallest absolute Gasteiger partial charge is 0.293 e. The van der Waals surface area contributed by atoms with Crippen molar-refractivity contribution in [2.75, 3.05) is 13.2 Å². The van der Waals surface area contributed by atoms with Gasteiger partial charge in [0.1, 0.15) is 19.0 Å². The maximum Gasteiger partial charge on any atom is 0.293 e. The number of hydrogen-bond donors (Lipinski definition) is 0. The van der Waals surface area contributed by atoms with Gasteiger partial charge in [-0.2, -0.15) is 0 Å². The molecule has 2 heterocycles. The van der Waals surface area contributed by atoms with Gasteiger partial charge >= 0.3 is 0 Å². The van der Waals surface area contributed by atoms with Gasteiger partial charge < -0.3 is 18.5 Å². The van der Waals surface area contributed by atoms with Crippen molar-refractivity contribution >= 4 is 28.3 Å². The minimum Gasteiger partial charge on any atom is -0.490 e. The van der Waals surface area contributed by atoms with Crippen molar-refractivity contribution in [3.63, 3.8) is 0 Å². The van der Waals surface area contributed by atoms with E-state index in [-0.39, 0.29) is 13.2 Å². The average molecular weight is 476 g/mol. The Hall–Kier alpha value is -4.91. The van der Waals surface area contributed by atoms with Gasteiger partial charge in [0.2, 0.25) is 11.8 Å². The summed E-state index contributed by atoms with van der Waals surface area (Å²) in [5.74, 6) is 1.45. The Morgan fingerprint density at radius 3 is 2.08 bits per heavy atom. The Morgan fingerprint density at radius 1 is 0.722 bits per heavy atom. The minimum atomic E-state index is 0.184. The maximum atomic E-state index is 10.3. The Morgan fingerprint density at radius 2 is 1.39 bits per heavy atom. The van der Waals surface area contributed by atoms with E-state index in [2.05, 4.69) is 80.2 Å². The fraction of sp³-hybridized carbons (Fsp3) is 0.0690. The Labute approximate surface area is 206 Å². The van der Waals surface area contributed by atoms with Gasteiger partial charge in [0.25, 0.3) is 6.47 Å². The van der Waals surface area contributed by atoms with Crippen molar-refractivity contribution in [3.05, 3.63) is 97.1 Å². The van der Waals surface area contributed by atoms with Crippen molar-refractivity contribution in [3.8, 4) is 34.3 Å². The SMILES string of the molecule is O=COCCOc1cccc(-c2nnc(-c3ccc(-n4c5ccccc5c5ccccc54)cc3)o2)c1. The molecule has 0 saturated heterocycles. The highest BCUT2D eigenvalue weighted by atomic mass is 16.5. The summed E-state index contributed by atoms with van der Waals surface area (Å²) in [6.07, 6.45) is 0. The molecule has 4 aromatic carbocycles. The first-order valence-corrected chi connectivity index (χ1v) is 11.5. The van der Waals surface area contributed by atoms with Crippen LogP contribution in [0.15, 0.2) is 101 Å². The molecule has 0 bridgehead atoms. The number of para-hydroxylation sites is 2. The summed E-state index contributed by atoms with van der Waals surface area (Å²) in [6.45, 7) is 0.841. The van der Waals surface area contributed by atoms with E-state index >= 15 is 0 Å². The van der Waals surface area contributed by atoms with Crippen LogP contribution in [0.1, 0.15) is 0 Å². The van der Waals surface area contributed by atoms with Crippen LogP contribution in [-0.4, -0.2) is 34.5 Å². The van der Waals surface area contributed by atoms with Crippen LogP contribution in [0.3, 0.4) is 0 Å². The highest BCUT2D eigenvalue weighted by molar-refractivity contribution is 6.09. The summed E-state index contributed by atoms with van der Waals surface area (Å²) in [6, 6.07) is 32.3. The van der Waals surface area contributed by atoms with Gasteiger partial charge in [0.15, 0.2) is 0 Å². The molecular formula is C29H21N3O4. The van der Waals surface area contributed by atoms with Gasteiger partial charge in [-0.15, -0.1) is 10.2 Å². The van der Waals surface area contributed by atoms with E-state index in [1.165, 1.54) is 10.8 Å². The second-order valence-corrected chi connectivity index (χ2v) is 8.17. The third-order valence-electron chi connectivity index (χ3n) is 6.00. The quantitative estimate of drug-likeness (QED) is 0.197. The number of carbonyl (C=O) groups is 1. The molecule has 0 atom stereocenters. The first kappa shape index (κ1) is 21.6. The number of rotatable bonds is 8. The topological polar surface area (TPSA) is 79.4 Å². The van der Waals surface area contributed by atoms with E-state index < -0.39 is 0 Å². The molecule has 0 radical (unpaired) electrons. The fourth-order valence-corrected chi connectivity index (χ4v) is 4.38. The highest BCUT2D eigenvalue weighted by Crippen LogP contribution is 2.33. The Bertz CT molecular complexity index is 1610. The molecule has 7 heteroatoms. The van der Waals surface area contributed by atoms with Crippen molar-refractivity contribution in [2.45, 2.75) is 0 Å². The Kier molecular flexibility index (Phi) is 5.63. The van der Waals surface area contributed by atoms with E-state index in [1.807, 2.05) is 36.4 Å². The molecule has 0 N–H and O–H groups in total. The lowest BCUT2D eigenvalue weighted by Gasteiger charge is -2.08. The number of aromatic nitrogens is 3. The number of hydrogen-bond acceptors (Lipinski definition) is 6. The first-order valence-electron chi connectivity index (χ1n) is 11.5. The van der Waals surface area contributed by atoms with Crippen LogP contribution in [0.5, 0.6) is 5.75 Å². The normalized spacial score (nSPS) is 11.1. The predicted molar refractivity (Wildman–Crippen MR) is 137 cm³/mol. The van der Waals surface area contributed by atoms with E-state index in [0.29, 0.717) is 24.0 Å². The number of nitrogens with zero attached hydrogens (tertiary/aromatic N) is 3. The molecule has 0 amide bonds. The summed E-state index contributed by atoms with van der Waals surface area (Å²) in [7, 11) is 0. The van der Waals surface area contributed by atoms with Crippen molar-refractivity contribution < 1.29 is 18.7 Å².